The molecule has 0 radical (unpaired) electrons. The van der Waals surface area contributed by atoms with Gasteiger partial charge in [-0.3, -0.25) is 4.79 Å². The fourth-order valence-electron chi connectivity index (χ4n) is 2.48. The molecule has 0 aliphatic carbocycles. The molecule has 1 aromatic carbocycles. The third-order valence-electron chi connectivity index (χ3n) is 3.44. The monoisotopic (exact) mass is 277 g/mol. The van der Waals surface area contributed by atoms with Crippen molar-refractivity contribution in [1.29, 1.82) is 0 Å². The Morgan fingerprint density at radius 3 is 2.25 bits per heavy atom. The molecule has 0 aliphatic rings. The third-order valence-corrected chi connectivity index (χ3v) is 3.44. The Balaban J connectivity index is 2.41. The second-order valence-electron chi connectivity index (χ2n) is 6.46. The number of aliphatic hydroxyl groups excluding tert-OH is 1. The summed E-state index contributed by atoms with van der Waals surface area (Å²) in [5.74, 6) is 0.639. The number of rotatable bonds is 7. The fraction of sp³-hybridized carbons (Fsp3) is 0.588. The van der Waals surface area contributed by atoms with E-state index < -0.39 is 0 Å². The van der Waals surface area contributed by atoms with E-state index in [-0.39, 0.29) is 17.9 Å². The van der Waals surface area contributed by atoms with E-state index in [1.54, 1.807) is 0 Å². The van der Waals surface area contributed by atoms with Gasteiger partial charge in [-0.2, -0.15) is 0 Å². The molecule has 1 aromatic rings. The van der Waals surface area contributed by atoms with Crippen LogP contribution in [0.3, 0.4) is 0 Å². The van der Waals surface area contributed by atoms with Crippen molar-refractivity contribution in [2.24, 2.45) is 11.3 Å². The van der Waals surface area contributed by atoms with Crippen LogP contribution < -0.4 is 5.32 Å². The largest absolute Gasteiger partial charge is 0.392 e. The van der Waals surface area contributed by atoms with E-state index in [0.29, 0.717) is 12.5 Å². The maximum absolute atomic E-state index is 12.1. The molecule has 0 spiro atoms. The van der Waals surface area contributed by atoms with Gasteiger partial charge in [0.05, 0.1) is 6.61 Å². The molecule has 20 heavy (non-hydrogen) atoms. The Bertz CT molecular complexity index is 421. The lowest BCUT2D eigenvalue weighted by Crippen LogP contribution is -2.38. The van der Waals surface area contributed by atoms with E-state index in [0.717, 1.165) is 18.4 Å². The number of benzene rings is 1. The lowest BCUT2D eigenvalue weighted by molar-refractivity contribution is -0.130. The number of nitrogens with one attached hydrogen (secondary N) is 1. The Hall–Kier alpha value is -1.35. The summed E-state index contributed by atoms with van der Waals surface area (Å²) in [7, 11) is 0. The Morgan fingerprint density at radius 1 is 1.20 bits per heavy atom. The molecular formula is C17H27NO2. The fourth-order valence-corrected chi connectivity index (χ4v) is 2.48. The minimum atomic E-state index is -0.311. The first-order valence-corrected chi connectivity index (χ1v) is 7.32. The zero-order valence-electron chi connectivity index (χ0n) is 13.1. The highest BCUT2D eigenvalue weighted by Crippen LogP contribution is 2.25. The first-order chi connectivity index (χ1) is 9.35. The van der Waals surface area contributed by atoms with Gasteiger partial charge in [0.1, 0.15) is 0 Å². The molecular weight excluding hydrogens is 250 g/mol. The van der Waals surface area contributed by atoms with Gasteiger partial charge in [0.25, 0.3) is 0 Å². The zero-order valence-corrected chi connectivity index (χ0v) is 13.1. The summed E-state index contributed by atoms with van der Waals surface area (Å²) in [6, 6.07) is 7.83. The van der Waals surface area contributed by atoms with Crippen molar-refractivity contribution in [3.63, 3.8) is 0 Å². The number of amides is 1. The van der Waals surface area contributed by atoms with Crippen LogP contribution in [0, 0.1) is 11.3 Å². The van der Waals surface area contributed by atoms with Crippen LogP contribution in [0.15, 0.2) is 24.3 Å². The van der Waals surface area contributed by atoms with Crippen LogP contribution in [0.5, 0.6) is 0 Å². The van der Waals surface area contributed by atoms with Crippen molar-refractivity contribution in [3.8, 4) is 0 Å². The first kappa shape index (κ1) is 16.7. The molecule has 0 bridgehead atoms. The van der Waals surface area contributed by atoms with Crippen LogP contribution in [0.2, 0.25) is 0 Å². The van der Waals surface area contributed by atoms with E-state index >= 15 is 0 Å². The molecule has 1 rings (SSSR count). The maximum atomic E-state index is 12.1. The highest BCUT2D eigenvalue weighted by Gasteiger charge is 2.27. The quantitative estimate of drug-likeness (QED) is 0.805. The standard InChI is InChI=1S/C17H27NO2/c1-13(2)11-17(3,4)16(20)18-10-9-14-5-7-15(12-19)8-6-14/h5-8,13,19H,9-12H2,1-4H3,(H,18,20). The number of carbonyl (C=O) groups excluding carboxylic acids is 1. The van der Waals surface area contributed by atoms with Crippen LogP contribution in [0.25, 0.3) is 0 Å². The van der Waals surface area contributed by atoms with Crippen LogP contribution in [0.1, 0.15) is 45.2 Å². The average molecular weight is 277 g/mol. The SMILES string of the molecule is CC(C)CC(C)(C)C(=O)NCCc1ccc(CO)cc1. The number of hydrogen-bond donors (Lipinski definition) is 2. The molecule has 2 N–H and O–H groups in total. The van der Waals surface area contributed by atoms with E-state index in [1.807, 2.05) is 38.1 Å². The molecule has 112 valence electrons. The molecule has 0 saturated heterocycles. The average Bonchev–Trinajstić information content (AvgIpc) is 2.38. The maximum Gasteiger partial charge on any atom is 0.225 e. The van der Waals surface area contributed by atoms with Crippen LogP contribution in [0.4, 0.5) is 0 Å². The van der Waals surface area contributed by atoms with Gasteiger partial charge in [-0.05, 0) is 29.9 Å². The van der Waals surface area contributed by atoms with E-state index in [1.165, 1.54) is 5.56 Å². The Kier molecular flexibility index (Phi) is 6.21. The first-order valence-electron chi connectivity index (χ1n) is 7.32. The molecule has 3 nitrogen and oxygen atoms in total. The zero-order chi connectivity index (χ0) is 15.2. The molecule has 0 saturated carbocycles. The Labute approximate surface area is 122 Å². The van der Waals surface area contributed by atoms with Crippen LogP contribution >= 0.6 is 0 Å². The van der Waals surface area contributed by atoms with Crippen LogP contribution in [-0.4, -0.2) is 17.6 Å². The second kappa shape index (κ2) is 7.44. The summed E-state index contributed by atoms with van der Waals surface area (Å²) in [6.07, 6.45) is 1.71. The third kappa shape index (κ3) is 5.33. The predicted molar refractivity (Wildman–Crippen MR) is 82.3 cm³/mol. The van der Waals surface area contributed by atoms with Crippen molar-refractivity contribution < 1.29 is 9.90 Å². The van der Waals surface area contributed by atoms with Crippen molar-refractivity contribution in [1.82, 2.24) is 5.32 Å². The molecule has 0 heterocycles. The van der Waals surface area contributed by atoms with Crippen LogP contribution in [-0.2, 0) is 17.8 Å². The summed E-state index contributed by atoms with van der Waals surface area (Å²) in [5, 5.41) is 12.0. The minimum Gasteiger partial charge on any atom is -0.392 e. The van der Waals surface area contributed by atoms with Gasteiger partial charge in [-0.25, -0.2) is 0 Å². The van der Waals surface area contributed by atoms with E-state index in [9.17, 15) is 4.79 Å². The molecule has 1 amide bonds. The number of hydrogen-bond acceptors (Lipinski definition) is 2. The summed E-state index contributed by atoms with van der Waals surface area (Å²) in [5.41, 5.74) is 1.77. The highest BCUT2D eigenvalue weighted by molar-refractivity contribution is 5.81. The van der Waals surface area contributed by atoms with E-state index in [4.69, 9.17) is 5.11 Å². The second-order valence-corrected chi connectivity index (χ2v) is 6.46. The van der Waals surface area contributed by atoms with Crippen molar-refractivity contribution in [2.45, 2.75) is 47.1 Å². The van der Waals surface area contributed by atoms with Gasteiger partial charge >= 0.3 is 0 Å². The predicted octanol–water partition coefficient (Wildman–Crippen LogP) is 2.91. The molecule has 3 heteroatoms. The Morgan fingerprint density at radius 2 is 1.75 bits per heavy atom. The van der Waals surface area contributed by atoms with Gasteiger partial charge in [-0.1, -0.05) is 52.0 Å². The normalized spacial score (nSPS) is 11.7. The molecule has 0 aliphatic heterocycles. The van der Waals surface area contributed by atoms with E-state index in [2.05, 4.69) is 19.2 Å². The summed E-state index contributed by atoms with van der Waals surface area (Å²) >= 11 is 0. The number of carbonyl (C=O) groups is 1. The van der Waals surface area contributed by atoms with Gasteiger partial charge in [0.15, 0.2) is 0 Å². The summed E-state index contributed by atoms with van der Waals surface area (Å²) in [4.78, 5) is 12.1. The van der Waals surface area contributed by atoms with Gasteiger partial charge in [-0.15, -0.1) is 0 Å². The van der Waals surface area contributed by atoms with Crippen molar-refractivity contribution in [3.05, 3.63) is 35.4 Å². The highest BCUT2D eigenvalue weighted by atomic mass is 16.3. The van der Waals surface area contributed by atoms with Gasteiger partial charge in [0.2, 0.25) is 5.91 Å². The molecule has 0 atom stereocenters. The summed E-state index contributed by atoms with van der Waals surface area (Å²) < 4.78 is 0. The molecule has 0 fully saturated rings. The summed E-state index contributed by atoms with van der Waals surface area (Å²) in [6.45, 7) is 8.99. The van der Waals surface area contributed by atoms with Crippen molar-refractivity contribution in [2.75, 3.05) is 6.54 Å². The lowest BCUT2D eigenvalue weighted by atomic mass is 9.83. The molecule has 0 aromatic heterocycles. The minimum absolute atomic E-state index is 0.0698. The van der Waals surface area contributed by atoms with Gasteiger partial charge < -0.3 is 10.4 Å². The van der Waals surface area contributed by atoms with Crippen molar-refractivity contribution >= 4 is 5.91 Å². The van der Waals surface area contributed by atoms with Gasteiger partial charge in [0, 0.05) is 12.0 Å². The lowest BCUT2D eigenvalue weighted by Gasteiger charge is -2.25. The smallest absolute Gasteiger partial charge is 0.225 e. The number of aliphatic hydroxyl groups is 1. The molecule has 0 unspecified atom stereocenters. The topological polar surface area (TPSA) is 49.3 Å².